The molecule has 0 bridgehead atoms. The van der Waals surface area contributed by atoms with Crippen LogP contribution >= 0.6 is 11.3 Å². The van der Waals surface area contributed by atoms with Gasteiger partial charge in [0.1, 0.15) is 0 Å². The normalized spacial score (nSPS) is 25.9. The van der Waals surface area contributed by atoms with Gasteiger partial charge < -0.3 is 15.7 Å². The second-order valence-electron chi connectivity index (χ2n) is 6.90. The summed E-state index contributed by atoms with van der Waals surface area (Å²) >= 11 is 1.75. The molecule has 3 rings (SSSR count). The predicted molar refractivity (Wildman–Crippen MR) is 94.9 cm³/mol. The molecule has 134 valence electrons. The third-order valence-electron chi connectivity index (χ3n) is 4.98. The molecule has 3 N–H and O–H groups in total. The van der Waals surface area contributed by atoms with Crippen LogP contribution in [-0.4, -0.2) is 59.2 Å². The van der Waals surface area contributed by atoms with Crippen molar-refractivity contribution in [2.75, 3.05) is 26.2 Å². The number of piperidine rings is 1. The van der Waals surface area contributed by atoms with E-state index in [9.17, 15) is 9.90 Å². The maximum atomic E-state index is 12.1. The molecule has 0 saturated carbocycles. The number of aromatic nitrogens is 1. The fourth-order valence-electron chi connectivity index (χ4n) is 3.45. The number of carbonyl (C=O) groups excluding carboxylic acids is 1. The summed E-state index contributed by atoms with van der Waals surface area (Å²) in [5.41, 5.74) is 1.19. The molecule has 0 aliphatic carbocycles. The Hall–Kier alpha value is -1.02. The molecule has 3 heterocycles. The molecule has 7 heteroatoms. The van der Waals surface area contributed by atoms with Crippen molar-refractivity contribution in [2.45, 2.75) is 51.3 Å². The zero-order valence-electron chi connectivity index (χ0n) is 14.3. The van der Waals surface area contributed by atoms with Gasteiger partial charge in [-0.3, -0.25) is 9.69 Å². The Kier molecular flexibility index (Phi) is 6.21. The van der Waals surface area contributed by atoms with E-state index in [1.807, 2.05) is 0 Å². The summed E-state index contributed by atoms with van der Waals surface area (Å²) in [5, 5.41) is 19.0. The molecule has 0 radical (unpaired) electrons. The lowest BCUT2D eigenvalue weighted by molar-refractivity contribution is -0.123. The number of carbonyl (C=O) groups is 1. The van der Waals surface area contributed by atoms with Crippen LogP contribution in [-0.2, 0) is 17.8 Å². The monoisotopic (exact) mass is 352 g/mol. The average molecular weight is 353 g/mol. The number of rotatable bonds is 6. The smallest absolute Gasteiger partial charge is 0.237 e. The summed E-state index contributed by atoms with van der Waals surface area (Å²) in [7, 11) is 0. The van der Waals surface area contributed by atoms with Crippen molar-refractivity contribution in [2.24, 2.45) is 5.92 Å². The molecule has 2 unspecified atom stereocenters. The van der Waals surface area contributed by atoms with Gasteiger partial charge in [-0.1, -0.05) is 6.92 Å². The summed E-state index contributed by atoms with van der Waals surface area (Å²) in [4.78, 5) is 19.2. The number of thiazole rings is 1. The SMILES string of the molecule is CCc1nc(CN2CCC(CNC(=O)C3CC(O)CN3)CC2)cs1. The molecule has 0 spiro atoms. The van der Waals surface area contributed by atoms with E-state index in [2.05, 4.69) is 32.8 Å². The number of aliphatic hydroxyl groups excluding tert-OH is 1. The van der Waals surface area contributed by atoms with Crippen LogP contribution in [0.4, 0.5) is 0 Å². The third-order valence-corrected chi connectivity index (χ3v) is 6.03. The maximum Gasteiger partial charge on any atom is 0.237 e. The van der Waals surface area contributed by atoms with Gasteiger partial charge in [0, 0.05) is 25.0 Å². The molecular weight excluding hydrogens is 324 g/mol. The molecular formula is C17H28N4O2S. The summed E-state index contributed by atoms with van der Waals surface area (Å²) < 4.78 is 0. The van der Waals surface area contributed by atoms with Crippen molar-refractivity contribution in [1.29, 1.82) is 0 Å². The van der Waals surface area contributed by atoms with Crippen LogP contribution in [0.15, 0.2) is 5.38 Å². The van der Waals surface area contributed by atoms with Gasteiger partial charge in [-0.2, -0.15) is 0 Å². The lowest BCUT2D eigenvalue weighted by Gasteiger charge is -2.31. The van der Waals surface area contributed by atoms with E-state index in [0.29, 0.717) is 18.9 Å². The Labute approximate surface area is 147 Å². The van der Waals surface area contributed by atoms with Gasteiger partial charge in [-0.05, 0) is 44.7 Å². The Morgan fingerprint density at radius 3 is 2.92 bits per heavy atom. The lowest BCUT2D eigenvalue weighted by Crippen LogP contribution is -2.44. The number of nitrogens with zero attached hydrogens (tertiary/aromatic N) is 2. The van der Waals surface area contributed by atoms with E-state index in [1.165, 1.54) is 10.7 Å². The van der Waals surface area contributed by atoms with Crippen LogP contribution in [0.3, 0.4) is 0 Å². The van der Waals surface area contributed by atoms with Crippen LogP contribution in [0, 0.1) is 5.92 Å². The van der Waals surface area contributed by atoms with E-state index >= 15 is 0 Å². The number of amides is 1. The molecule has 2 aliphatic rings. The molecule has 1 amide bonds. The van der Waals surface area contributed by atoms with E-state index in [1.54, 1.807) is 11.3 Å². The number of β-amino-alcohol motifs (C(OH)–C–C–N with tert-alkyl or cyclic N) is 1. The number of hydrogen-bond donors (Lipinski definition) is 3. The molecule has 0 aromatic carbocycles. The zero-order chi connectivity index (χ0) is 16.9. The van der Waals surface area contributed by atoms with Crippen LogP contribution in [0.1, 0.15) is 36.9 Å². The molecule has 1 aromatic heterocycles. The van der Waals surface area contributed by atoms with Crippen molar-refractivity contribution >= 4 is 17.2 Å². The number of hydrogen-bond acceptors (Lipinski definition) is 6. The fraction of sp³-hybridized carbons (Fsp3) is 0.765. The van der Waals surface area contributed by atoms with Gasteiger partial charge >= 0.3 is 0 Å². The minimum Gasteiger partial charge on any atom is -0.392 e. The predicted octanol–water partition coefficient (Wildman–Crippen LogP) is 0.757. The van der Waals surface area contributed by atoms with Crippen molar-refractivity contribution in [3.8, 4) is 0 Å². The minimum atomic E-state index is -0.386. The molecule has 2 fully saturated rings. The first-order valence-corrected chi connectivity index (χ1v) is 9.86. The van der Waals surface area contributed by atoms with Gasteiger partial charge in [0.05, 0.1) is 22.8 Å². The van der Waals surface area contributed by atoms with E-state index in [4.69, 9.17) is 0 Å². The summed E-state index contributed by atoms with van der Waals surface area (Å²) in [5.74, 6) is 0.585. The highest BCUT2D eigenvalue weighted by Crippen LogP contribution is 2.19. The van der Waals surface area contributed by atoms with Gasteiger partial charge in [-0.25, -0.2) is 4.98 Å². The number of likely N-dealkylation sites (tertiary alicyclic amines) is 1. The maximum absolute atomic E-state index is 12.1. The minimum absolute atomic E-state index is 0.0311. The molecule has 6 nitrogen and oxygen atoms in total. The standard InChI is InChI=1S/C17H28N4O2S/c1-2-16-20-13(11-24-16)10-21-5-3-12(4-6-21)8-19-17(23)15-7-14(22)9-18-15/h11-12,14-15,18,22H,2-10H2,1H3,(H,19,23). The molecule has 24 heavy (non-hydrogen) atoms. The third kappa shape index (κ3) is 4.75. The highest BCUT2D eigenvalue weighted by Gasteiger charge is 2.28. The Balaban J connectivity index is 1.35. The van der Waals surface area contributed by atoms with Crippen molar-refractivity contribution < 1.29 is 9.90 Å². The average Bonchev–Trinajstić information content (AvgIpc) is 3.23. The lowest BCUT2D eigenvalue weighted by atomic mass is 9.96. The van der Waals surface area contributed by atoms with E-state index < -0.39 is 0 Å². The topological polar surface area (TPSA) is 77.5 Å². The first kappa shape index (κ1) is 17.8. The highest BCUT2D eigenvalue weighted by molar-refractivity contribution is 7.09. The van der Waals surface area contributed by atoms with Crippen LogP contribution < -0.4 is 10.6 Å². The quantitative estimate of drug-likeness (QED) is 0.704. The molecule has 2 aliphatic heterocycles. The first-order valence-electron chi connectivity index (χ1n) is 8.98. The Bertz CT molecular complexity index is 542. The van der Waals surface area contributed by atoms with Gasteiger partial charge in [0.15, 0.2) is 0 Å². The van der Waals surface area contributed by atoms with Crippen LogP contribution in [0.25, 0.3) is 0 Å². The second kappa shape index (κ2) is 8.38. The number of aliphatic hydroxyl groups is 1. The molecule has 2 atom stereocenters. The molecule has 2 saturated heterocycles. The summed E-state index contributed by atoms with van der Waals surface area (Å²) in [6.45, 7) is 6.49. The summed E-state index contributed by atoms with van der Waals surface area (Å²) in [6, 6.07) is -0.225. The van der Waals surface area contributed by atoms with Crippen LogP contribution in [0.5, 0.6) is 0 Å². The van der Waals surface area contributed by atoms with E-state index in [0.717, 1.165) is 45.4 Å². The number of aryl methyl sites for hydroxylation is 1. The van der Waals surface area contributed by atoms with Gasteiger partial charge in [0.25, 0.3) is 0 Å². The number of nitrogens with one attached hydrogen (secondary N) is 2. The first-order chi connectivity index (χ1) is 11.6. The Morgan fingerprint density at radius 2 is 2.29 bits per heavy atom. The zero-order valence-corrected chi connectivity index (χ0v) is 15.1. The second-order valence-corrected chi connectivity index (χ2v) is 7.84. The van der Waals surface area contributed by atoms with Gasteiger partial charge in [0.2, 0.25) is 5.91 Å². The highest BCUT2D eigenvalue weighted by atomic mass is 32.1. The van der Waals surface area contributed by atoms with Crippen molar-refractivity contribution in [3.63, 3.8) is 0 Å². The van der Waals surface area contributed by atoms with Gasteiger partial charge in [-0.15, -0.1) is 11.3 Å². The largest absolute Gasteiger partial charge is 0.392 e. The van der Waals surface area contributed by atoms with E-state index in [-0.39, 0.29) is 18.1 Å². The fourth-order valence-corrected chi connectivity index (χ4v) is 4.18. The van der Waals surface area contributed by atoms with Crippen molar-refractivity contribution in [3.05, 3.63) is 16.1 Å². The molecule has 1 aromatic rings. The Morgan fingerprint density at radius 1 is 1.50 bits per heavy atom. The van der Waals surface area contributed by atoms with Crippen molar-refractivity contribution in [1.82, 2.24) is 20.5 Å². The summed E-state index contributed by atoms with van der Waals surface area (Å²) in [6.07, 6.45) is 3.39. The van der Waals surface area contributed by atoms with Crippen LogP contribution in [0.2, 0.25) is 0 Å².